The van der Waals surface area contributed by atoms with Gasteiger partial charge < -0.3 is 10.7 Å². The highest BCUT2D eigenvalue weighted by atomic mass is 79.9. The zero-order chi connectivity index (χ0) is 14.2. The molecule has 0 spiro atoms. The van der Waals surface area contributed by atoms with Crippen LogP contribution in [0.3, 0.4) is 0 Å². The first-order valence-electron chi connectivity index (χ1n) is 6.34. The highest BCUT2D eigenvalue weighted by Crippen LogP contribution is 2.24. The number of hydrogen-bond donors (Lipinski definition) is 2. The third kappa shape index (κ3) is 3.76. The van der Waals surface area contributed by atoms with Crippen LogP contribution in [-0.4, -0.2) is 16.0 Å². The van der Waals surface area contributed by atoms with E-state index in [0.29, 0.717) is 16.4 Å². The van der Waals surface area contributed by atoms with Gasteiger partial charge in [-0.25, -0.2) is 9.37 Å². The van der Waals surface area contributed by atoms with E-state index in [1.54, 1.807) is 6.07 Å². The molecule has 1 heterocycles. The Kier molecular flexibility index (Phi) is 3.97. The summed E-state index contributed by atoms with van der Waals surface area (Å²) in [6, 6.07) is 3.18. The minimum atomic E-state index is -0.290. The molecule has 0 bridgehead atoms. The Hall–Kier alpha value is -0.940. The van der Waals surface area contributed by atoms with E-state index in [1.807, 2.05) is 0 Å². The van der Waals surface area contributed by atoms with Crippen molar-refractivity contribution in [2.45, 2.75) is 39.7 Å². The van der Waals surface area contributed by atoms with Crippen molar-refractivity contribution < 1.29 is 4.39 Å². The van der Waals surface area contributed by atoms with E-state index in [1.165, 1.54) is 6.07 Å². The molecule has 1 atom stereocenters. The normalized spacial score (nSPS) is 14.0. The van der Waals surface area contributed by atoms with E-state index in [-0.39, 0.29) is 17.3 Å². The molecule has 3 nitrogen and oxygen atoms in total. The van der Waals surface area contributed by atoms with Crippen molar-refractivity contribution in [3.05, 3.63) is 28.2 Å². The first-order valence-corrected chi connectivity index (χ1v) is 7.13. The summed E-state index contributed by atoms with van der Waals surface area (Å²) in [5.74, 6) is 0.519. The van der Waals surface area contributed by atoms with Crippen molar-refractivity contribution >= 4 is 27.0 Å². The predicted molar refractivity (Wildman–Crippen MR) is 79.5 cm³/mol. The maximum atomic E-state index is 13.4. The van der Waals surface area contributed by atoms with E-state index >= 15 is 0 Å². The number of aromatic amines is 1. The highest BCUT2D eigenvalue weighted by Gasteiger charge is 2.17. The van der Waals surface area contributed by atoms with Crippen molar-refractivity contribution in [2.75, 3.05) is 0 Å². The van der Waals surface area contributed by atoms with Crippen LogP contribution in [0.2, 0.25) is 0 Å². The number of imidazole rings is 1. The van der Waals surface area contributed by atoms with Crippen molar-refractivity contribution in [3.63, 3.8) is 0 Å². The topological polar surface area (TPSA) is 54.7 Å². The van der Waals surface area contributed by atoms with Crippen molar-refractivity contribution in [3.8, 4) is 0 Å². The molecule has 0 aliphatic heterocycles. The van der Waals surface area contributed by atoms with Crippen LogP contribution in [-0.2, 0) is 6.42 Å². The Balaban J connectivity index is 2.18. The Morgan fingerprint density at radius 1 is 1.42 bits per heavy atom. The van der Waals surface area contributed by atoms with Crippen LogP contribution in [0.4, 0.5) is 4.39 Å². The van der Waals surface area contributed by atoms with Crippen LogP contribution >= 0.6 is 15.9 Å². The summed E-state index contributed by atoms with van der Waals surface area (Å²) in [5, 5.41) is 0. The zero-order valence-corrected chi connectivity index (χ0v) is 13.0. The highest BCUT2D eigenvalue weighted by molar-refractivity contribution is 9.10. The molecule has 1 aromatic carbocycles. The first-order chi connectivity index (χ1) is 8.74. The van der Waals surface area contributed by atoms with Crippen LogP contribution in [0.5, 0.6) is 0 Å². The fourth-order valence-corrected chi connectivity index (χ4v) is 2.59. The van der Waals surface area contributed by atoms with Gasteiger partial charge in [-0.05, 0) is 33.8 Å². The Labute approximate surface area is 120 Å². The molecule has 104 valence electrons. The van der Waals surface area contributed by atoms with Gasteiger partial charge in [-0.15, -0.1) is 0 Å². The average molecular weight is 328 g/mol. The standard InChI is InChI=1S/C14H19BrFN3/c1-14(2,3)7-8(17)4-13-18-11-5-9(15)10(16)6-12(11)19-13/h5-6,8H,4,7,17H2,1-3H3,(H,18,19). The molecule has 3 N–H and O–H groups in total. The first kappa shape index (κ1) is 14.5. The minimum Gasteiger partial charge on any atom is -0.342 e. The Morgan fingerprint density at radius 2 is 2.11 bits per heavy atom. The quantitative estimate of drug-likeness (QED) is 0.901. The number of halogens is 2. The number of fused-ring (bicyclic) bond motifs is 1. The number of rotatable bonds is 3. The third-order valence-corrected chi connectivity index (χ3v) is 3.51. The van der Waals surface area contributed by atoms with Crippen LogP contribution in [0, 0.1) is 11.2 Å². The molecule has 0 aliphatic rings. The van der Waals surface area contributed by atoms with Crippen molar-refractivity contribution in [1.29, 1.82) is 0 Å². The second-order valence-electron chi connectivity index (χ2n) is 6.20. The molecule has 0 aliphatic carbocycles. The van der Waals surface area contributed by atoms with Gasteiger partial charge in [-0.2, -0.15) is 0 Å². The van der Waals surface area contributed by atoms with Gasteiger partial charge >= 0.3 is 0 Å². The molecule has 5 heteroatoms. The summed E-state index contributed by atoms with van der Waals surface area (Å²) >= 11 is 3.16. The lowest BCUT2D eigenvalue weighted by Crippen LogP contribution is -2.28. The number of nitrogens with zero attached hydrogens (tertiary/aromatic N) is 1. The molecule has 0 radical (unpaired) electrons. The number of hydrogen-bond acceptors (Lipinski definition) is 2. The molecule has 1 unspecified atom stereocenters. The molecule has 0 amide bonds. The monoisotopic (exact) mass is 327 g/mol. The number of aromatic nitrogens is 2. The molecule has 19 heavy (non-hydrogen) atoms. The summed E-state index contributed by atoms with van der Waals surface area (Å²) in [6.07, 6.45) is 1.59. The minimum absolute atomic E-state index is 0.0499. The molecular formula is C14H19BrFN3. The lowest BCUT2D eigenvalue weighted by Gasteiger charge is -2.22. The van der Waals surface area contributed by atoms with Gasteiger partial charge in [-0.3, -0.25) is 0 Å². The number of benzene rings is 1. The largest absolute Gasteiger partial charge is 0.342 e. The summed E-state index contributed by atoms with van der Waals surface area (Å²) in [5.41, 5.74) is 7.79. The van der Waals surface area contributed by atoms with Crippen LogP contribution in [0.25, 0.3) is 11.0 Å². The number of H-pyrrole nitrogens is 1. The van der Waals surface area contributed by atoms with Crippen LogP contribution < -0.4 is 5.73 Å². The van der Waals surface area contributed by atoms with E-state index in [4.69, 9.17) is 5.73 Å². The lowest BCUT2D eigenvalue weighted by molar-refractivity contribution is 0.337. The Morgan fingerprint density at radius 3 is 2.74 bits per heavy atom. The average Bonchev–Trinajstić information content (AvgIpc) is 2.56. The van der Waals surface area contributed by atoms with Gasteiger partial charge in [-0.1, -0.05) is 20.8 Å². The van der Waals surface area contributed by atoms with Crippen LogP contribution in [0.15, 0.2) is 16.6 Å². The molecule has 2 aromatic rings. The van der Waals surface area contributed by atoms with E-state index in [0.717, 1.165) is 17.8 Å². The fourth-order valence-electron chi connectivity index (χ4n) is 2.26. The van der Waals surface area contributed by atoms with Gasteiger partial charge in [0.05, 0.1) is 15.5 Å². The Bertz CT molecular complexity index is 547. The summed E-state index contributed by atoms with van der Waals surface area (Å²) in [7, 11) is 0. The van der Waals surface area contributed by atoms with E-state index < -0.39 is 0 Å². The molecular weight excluding hydrogens is 309 g/mol. The smallest absolute Gasteiger partial charge is 0.139 e. The zero-order valence-electron chi connectivity index (χ0n) is 11.4. The second-order valence-corrected chi connectivity index (χ2v) is 7.05. The van der Waals surface area contributed by atoms with Gasteiger partial charge in [0, 0.05) is 18.5 Å². The predicted octanol–water partition coefficient (Wildman–Crippen LogP) is 3.77. The van der Waals surface area contributed by atoms with E-state index in [9.17, 15) is 4.39 Å². The fraction of sp³-hybridized carbons (Fsp3) is 0.500. The maximum Gasteiger partial charge on any atom is 0.139 e. The molecule has 2 rings (SSSR count). The van der Waals surface area contributed by atoms with Gasteiger partial charge in [0.1, 0.15) is 11.6 Å². The maximum absolute atomic E-state index is 13.4. The number of nitrogens with two attached hydrogens (primary N) is 1. The molecule has 0 saturated carbocycles. The van der Waals surface area contributed by atoms with Gasteiger partial charge in [0.15, 0.2) is 0 Å². The summed E-state index contributed by atoms with van der Waals surface area (Å²) < 4.78 is 13.9. The molecule has 0 fully saturated rings. The van der Waals surface area contributed by atoms with Crippen molar-refractivity contribution in [1.82, 2.24) is 9.97 Å². The second kappa shape index (κ2) is 5.21. The third-order valence-electron chi connectivity index (χ3n) is 2.90. The van der Waals surface area contributed by atoms with Crippen LogP contribution in [0.1, 0.15) is 33.0 Å². The van der Waals surface area contributed by atoms with Gasteiger partial charge in [0.2, 0.25) is 0 Å². The molecule has 0 saturated heterocycles. The number of nitrogens with one attached hydrogen (secondary N) is 1. The lowest BCUT2D eigenvalue weighted by atomic mass is 9.87. The van der Waals surface area contributed by atoms with Gasteiger partial charge in [0.25, 0.3) is 0 Å². The van der Waals surface area contributed by atoms with E-state index in [2.05, 4.69) is 46.7 Å². The summed E-state index contributed by atoms with van der Waals surface area (Å²) in [6.45, 7) is 6.49. The molecule has 1 aromatic heterocycles. The summed E-state index contributed by atoms with van der Waals surface area (Å²) in [4.78, 5) is 7.58. The SMILES string of the molecule is CC(C)(C)CC(N)Cc1nc2cc(Br)c(F)cc2[nH]1. The van der Waals surface area contributed by atoms with Crippen molar-refractivity contribution in [2.24, 2.45) is 11.1 Å².